The van der Waals surface area contributed by atoms with E-state index in [-0.39, 0.29) is 12.4 Å². The van der Waals surface area contributed by atoms with Crippen LogP contribution in [-0.4, -0.2) is 27.8 Å². The summed E-state index contributed by atoms with van der Waals surface area (Å²) in [6.45, 7) is 1.64. The van der Waals surface area contributed by atoms with Gasteiger partial charge in [0.25, 0.3) is 5.56 Å². The van der Waals surface area contributed by atoms with E-state index in [1.165, 1.54) is 11.8 Å². The molecule has 1 aromatic heterocycles. The minimum atomic E-state index is -1.48. The Morgan fingerprint density at radius 2 is 2.05 bits per heavy atom. The van der Waals surface area contributed by atoms with Crippen LogP contribution in [0.3, 0.4) is 0 Å². The van der Waals surface area contributed by atoms with Gasteiger partial charge < -0.3 is 14.8 Å². The lowest BCUT2D eigenvalue weighted by atomic mass is 10.2. The Balaban J connectivity index is 2.12. The summed E-state index contributed by atoms with van der Waals surface area (Å²) in [6.07, 6.45) is -1.48. The van der Waals surface area contributed by atoms with E-state index < -0.39 is 11.7 Å². The minimum Gasteiger partial charge on any atom is -0.530 e. The number of carbonyl (C=O) groups is 1. The Bertz CT molecular complexity index is 675. The van der Waals surface area contributed by atoms with Gasteiger partial charge in [-0.3, -0.25) is 9.78 Å². The fourth-order valence-corrected chi connectivity index (χ4v) is 2.41. The van der Waals surface area contributed by atoms with Gasteiger partial charge in [-0.1, -0.05) is 42.1 Å². The smallest absolute Gasteiger partial charge is 0.295 e. The van der Waals surface area contributed by atoms with E-state index in [1.807, 2.05) is 30.3 Å². The molecule has 0 saturated heterocycles. The standard InChI is InChI=1S/C13H14N4O3S/c1-2-17(13(19)20)10-11(18)14-12(16-15-10)21-8-9-6-4-3-5-7-9/h3-7H,2,8H2,1H3,(H,19,20)(H,14,16,18)/p-1. The number of benzene rings is 1. The number of thioether (sulfide) groups is 1. The fraction of sp³-hybridized carbons (Fsp3) is 0.231. The number of anilines is 1. The molecule has 0 aliphatic rings. The van der Waals surface area contributed by atoms with E-state index in [1.54, 1.807) is 6.92 Å². The van der Waals surface area contributed by atoms with Gasteiger partial charge in [0.2, 0.25) is 5.82 Å². The lowest BCUT2D eigenvalue weighted by molar-refractivity contribution is -0.246. The first-order chi connectivity index (χ1) is 10.1. The molecule has 1 aromatic carbocycles. The molecule has 0 aliphatic heterocycles. The van der Waals surface area contributed by atoms with Crippen molar-refractivity contribution in [2.75, 3.05) is 11.4 Å². The SMILES string of the molecule is CCN(C(=O)[O-])c1nnc(SCc2ccccc2)[nH]c1=O. The van der Waals surface area contributed by atoms with Crippen LogP contribution in [0.4, 0.5) is 10.6 Å². The molecule has 0 saturated carbocycles. The van der Waals surface area contributed by atoms with Gasteiger partial charge in [-0.25, -0.2) is 0 Å². The van der Waals surface area contributed by atoms with Crippen molar-refractivity contribution < 1.29 is 9.90 Å². The third-order valence-electron chi connectivity index (χ3n) is 2.67. The maximum absolute atomic E-state index is 11.9. The molecule has 0 bridgehead atoms. The van der Waals surface area contributed by atoms with E-state index >= 15 is 0 Å². The predicted octanol–water partition coefficient (Wildman–Crippen LogP) is 0.627. The highest BCUT2D eigenvalue weighted by molar-refractivity contribution is 7.98. The summed E-state index contributed by atoms with van der Waals surface area (Å²) in [4.78, 5) is 26.0. The topological polar surface area (TPSA) is 102 Å². The van der Waals surface area contributed by atoms with Gasteiger partial charge in [0.05, 0.1) is 0 Å². The second kappa shape index (κ2) is 6.89. The number of hydrogen-bond acceptors (Lipinski definition) is 6. The third kappa shape index (κ3) is 3.82. The minimum absolute atomic E-state index is 0.0661. The second-order valence-electron chi connectivity index (χ2n) is 4.07. The number of carbonyl (C=O) groups excluding carboxylic acids is 1. The first-order valence-corrected chi connectivity index (χ1v) is 7.22. The van der Waals surface area contributed by atoms with Crippen LogP contribution >= 0.6 is 11.8 Å². The van der Waals surface area contributed by atoms with Crippen LogP contribution in [0.25, 0.3) is 0 Å². The van der Waals surface area contributed by atoms with Gasteiger partial charge in [-0.05, 0) is 12.5 Å². The molecule has 21 heavy (non-hydrogen) atoms. The van der Waals surface area contributed by atoms with Crippen molar-refractivity contribution in [3.8, 4) is 0 Å². The highest BCUT2D eigenvalue weighted by Crippen LogP contribution is 2.17. The summed E-state index contributed by atoms with van der Waals surface area (Å²) < 4.78 is 0. The Hall–Kier alpha value is -2.35. The first-order valence-electron chi connectivity index (χ1n) is 6.24. The molecule has 0 fully saturated rings. The third-order valence-corrected chi connectivity index (χ3v) is 3.60. The molecule has 1 heterocycles. The molecule has 1 N–H and O–H groups in total. The van der Waals surface area contributed by atoms with Gasteiger partial charge in [0.1, 0.15) is 6.09 Å². The number of amides is 1. The van der Waals surface area contributed by atoms with Crippen molar-refractivity contribution in [1.29, 1.82) is 0 Å². The van der Waals surface area contributed by atoms with Crippen LogP contribution in [0.2, 0.25) is 0 Å². The lowest BCUT2D eigenvalue weighted by Crippen LogP contribution is -2.44. The largest absolute Gasteiger partial charge is 0.530 e. The summed E-state index contributed by atoms with van der Waals surface area (Å²) in [5.74, 6) is 0.351. The van der Waals surface area contributed by atoms with Crippen LogP contribution in [0.15, 0.2) is 40.3 Å². The van der Waals surface area contributed by atoms with Gasteiger partial charge >= 0.3 is 0 Å². The second-order valence-corrected chi connectivity index (χ2v) is 5.03. The van der Waals surface area contributed by atoms with Crippen molar-refractivity contribution in [1.82, 2.24) is 15.2 Å². The Labute approximate surface area is 125 Å². The van der Waals surface area contributed by atoms with Crippen LogP contribution in [-0.2, 0) is 5.75 Å². The summed E-state index contributed by atoms with van der Waals surface area (Å²) in [5.41, 5.74) is 0.478. The summed E-state index contributed by atoms with van der Waals surface area (Å²) in [7, 11) is 0. The average Bonchev–Trinajstić information content (AvgIpc) is 2.48. The number of aromatic nitrogens is 3. The number of hydrogen-bond donors (Lipinski definition) is 1. The molecule has 1 amide bonds. The predicted molar refractivity (Wildman–Crippen MR) is 77.1 cm³/mol. The summed E-state index contributed by atoms with van der Waals surface area (Å²) >= 11 is 1.31. The quantitative estimate of drug-likeness (QED) is 0.813. The molecule has 2 aromatic rings. The molecular weight excluding hydrogens is 292 g/mol. The molecule has 7 nitrogen and oxygen atoms in total. The molecule has 0 aliphatic carbocycles. The number of nitrogens with zero attached hydrogens (tertiary/aromatic N) is 3. The zero-order valence-corrected chi connectivity index (χ0v) is 12.1. The van der Waals surface area contributed by atoms with Crippen LogP contribution in [0.5, 0.6) is 0 Å². The van der Waals surface area contributed by atoms with Crippen molar-refractivity contribution in [3.63, 3.8) is 0 Å². The summed E-state index contributed by atoms with van der Waals surface area (Å²) in [6, 6.07) is 9.69. The Morgan fingerprint density at radius 3 is 2.62 bits per heavy atom. The number of carboxylic acid groups (broad SMARTS) is 1. The molecule has 110 valence electrons. The van der Waals surface area contributed by atoms with Crippen LogP contribution < -0.4 is 15.6 Å². The zero-order chi connectivity index (χ0) is 15.2. The van der Waals surface area contributed by atoms with E-state index in [0.717, 1.165) is 10.5 Å². The first kappa shape index (κ1) is 15.0. The maximum Gasteiger partial charge on any atom is 0.295 e. The van der Waals surface area contributed by atoms with Gasteiger partial charge in [0.15, 0.2) is 5.16 Å². The Morgan fingerprint density at radius 1 is 1.33 bits per heavy atom. The van der Waals surface area contributed by atoms with Crippen molar-refractivity contribution in [3.05, 3.63) is 46.2 Å². The number of aromatic amines is 1. The van der Waals surface area contributed by atoms with Gasteiger partial charge in [0, 0.05) is 12.3 Å². The number of nitrogens with one attached hydrogen (secondary N) is 1. The molecule has 0 radical (unpaired) electrons. The zero-order valence-electron chi connectivity index (χ0n) is 11.3. The van der Waals surface area contributed by atoms with E-state index in [4.69, 9.17) is 0 Å². The monoisotopic (exact) mass is 305 g/mol. The van der Waals surface area contributed by atoms with E-state index in [9.17, 15) is 14.7 Å². The molecular formula is C13H13N4O3S-. The normalized spacial score (nSPS) is 10.3. The van der Waals surface area contributed by atoms with Crippen molar-refractivity contribution in [2.24, 2.45) is 0 Å². The molecule has 0 atom stereocenters. The molecule has 2 rings (SSSR count). The molecule has 8 heteroatoms. The highest BCUT2D eigenvalue weighted by Gasteiger charge is 2.13. The van der Waals surface area contributed by atoms with Crippen molar-refractivity contribution >= 4 is 23.7 Å². The van der Waals surface area contributed by atoms with Crippen LogP contribution in [0.1, 0.15) is 12.5 Å². The van der Waals surface area contributed by atoms with Gasteiger partial charge in [-0.2, -0.15) is 0 Å². The highest BCUT2D eigenvalue weighted by atomic mass is 32.2. The van der Waals surface area contributed by atoms with E-state index in [2.05, 4.69) is 15.2 Å². The maximum atomic E-state index is 11.9. The molecule has 0 spiro atoms. The molecule has 0 unspecified atom stereocenters. The number of rotatable bonds is 5. The van der Waals surface area contributed by atoms with Crippen LogP contribution in [0, 0.1) is 0 Å². The number of H-pyrrole nitrogens is 1. The summed E-state index contributed by atoms with van der Waals surface area (Å²) in [5, 5.41) is 18.7. The fourth-order valence-electron chi connectivity index (χ4n) is 1.65. The van der Waals surface area contributed by atoms with Gasteiger partial charge in [-0.15, -0.1) is 10.2 Å². The lowest BCUT2D eigenvalue weighted by Gasteiger charge is -2.20. The van der Waals surface area contributed by atoms with E-state index in [0.29, 0.717) is 10.9 Å². The average molecular weight is 305 g/mol. The Kier molecular flexibility index (Phi) is 4.94. The van der Waals surface area contributed by atoms with Crippen molar-refractivity contribution in [2.45, 2.75) is 17.8 Å².